The van der Waals surface area contributed by atoms with E-state index in [9.17, 15) is 22.9 Å². The molecule has 3 N–H and O–H groups in total. The number of nitrogens with one attached hydrogen (secondary N) is 1. The average molecular weight is 504 g/mol. The molecule has 0 fully saturated rings. The number of nitriles is 1. The molecule has 3 rings (SSSR count). The molecule has 1 atom stereocenters. The molecule has 178 valence electrons. The Balaban J connectivity index is 1.98. The fraction of sp³-hybridized carbons (Fsp3) is 0.227. The number of anilines is 2. The third-order valence-corrected chi connectivity index (χ3v) is 6.63. The van der Waals surface area contributed by atoms with Crippen molar-refractivity contribution in [2.75, 3.05) is 9.62 Å². The highest BCUT2D eigenvalue weighted by Crippen LogP contribution is 2.29. The van der Waals surface area contributed by atoms with Crippen molar-refractivity contribution in [2.45, 2.75) is 37.4 Å². The number of rotatable bonds is 6. The first-order valence-electron chi connectivity index (χ1n) is 9.91. The second kappa shape index (κ2) is 9.76. The van der Waals surface area contributed by atoms with Gasteiger partial charge in [0.2, 0.25) is 0 Å². The van der Waals surface area contributed by atoms with Crippen LogP contribution in [0, 0.1) is 17.1 Å². The summed E-state index contributed by atoms with van der Waals surface area (Å²) in [4.78, 5) is 16.4. The molecule has 0 unspecified atom stereocenters. The van der Waals surface area contributed by atoms with Gasteiger partial charge in [0.25, 0.3) is 10.0 Å². The number of halogens is 1. The maximum Gasteiger partial charge on any atom is 0.430 e. The van der Waals surface area contributed by atoms with E-state index < -0.39 is 33.7 Å². The standard InChI is InChI=1S/C22H22FN5O4S2/c1-22(2,3)32-21(29)28(19-12-33-13-26-19)34(30,31)15-8-9-18(14(10-15)11-24)27-20(25)16-6-4-5-7-17(16)23/h4-10,12-13,20,27H,25H2,1-3H3/t20-/m1/s1. The Hall–Kier alpha value is -3.53. The lowest BCUT2D eigenvalue weighted by Crippen LogP contribution is -2.41. The first kappa shape index (κ1) is 25.1. The van der Waals surface area contributed by atoms with Crippen LogP contribution in [0.3, 0.4) is 0 Å². The molecule has 9 nitrogen and oxygen atoms in total. The normalized spacial score (nSPS) is 12.5. The monoisotopic (exact) mass is 503 g/mol. The maximum absolute atomic E-state index is 14.0. The average Bonchev–Trinajstić information content (AvgIpc) is 3.26. The van der Waals surface area contributed by atoms with E-state index in [0.717, 1.165) is 17.4 Å². The Bertz CT molecular complexity index is 1330. The highest BCUT2D eigenvalue weighted by atomic mass is 32.2. The van der Waals surface area contributed by atoms with Crippen molar-refractivity contribution >= 4 is 39.0 Å². The van der Waals surface area contributed by atoms with Crippen LogP contribution in [0.15, 0.2) is 58.3 Å². The predicted molar refractivity (Wildman–Crippen MR) is 126 cm³/mol. The molecule has 0 spiro atoms. The van der Waals surface area contributed by atoms with Gasteiger partial charge in [-0.15, -0.1) is 15.6 Å². The number of aromatic nitrogens is 1. The minimum Gasteiger partial charge on any atom is -0.443 e. The van der Waals surface area contributed by atoms with Crippen molar-refractivity contribution < 1.29 is 22.3 Å². The van der Waals surface area contributed by atoms with Crippen LogP contribution in [0.1, 0.15) is 38.1 Å². The Morgan fingerprint density at radius 2 is 2.00 bits per heavy atom. The number of nitrogens with two attached hydrogens (primary N) is 1. The van der Waals surface area contributed by atoms with Gasteiger partial charge in [0.05, 0.1) is 21.7 Å². The highest BCUT2D eigenvalue weighted by Gasteiger charge is 2.36. The minimum absolute atomic E-state index is 0.0738. The number of nitrogens with zero attached hydrogens (tertiary/aromatic N) is 3. The van der Waals surface area contributed by atoms with Crippen molar-refractivity contribution in [1.82, 2.24) is 4.98 Å². The molecule has 1 aromatic heterocycles. The number of amides is 1. The molecule has 3 aromatic rings. The first-order chi connectivity index (χ1) is 15.9. The number of thiazole rings is 1. The van der Waals surface area contributed by atoms with E-state index >= 15 is 0 Å². The zero-order valence-electron chi connectivity index (χ0n) is 18.5. The van der Waals surface area contributed by atoms with Crippen molar-refractivity contribution in [3.05, 3.63) is 70.3 Å². The lowest BCUT2D eigenvalue weighted by Gasteiger charge is -2.26. The SMILES string of the molecule is CC(C)(C)OC(=O)N(c1cscn1)S(=O)(=O)c1ccc(N[C@@H](N)c2ccccc2F)c(C#N)c1. The highest BCUT2D eigenvalue weighted by molar-refractivity contribution is 7.93. The van der Waals surface area contributed by atoms with E-state index in [1.807, 2.05) is 6.07 Å². The van der Waals surface area contributed by atoms with Crippen LogP contribution in [0.25, 0.3) is 0 Å². The van der Waals surface area contributed by atoms with Crippen LogP contribution < -0.4 is 15.4 Å². The quantitative estimate of drug-likeness (QED) is 0.473. The largest absolute Gasteiger partial charge is 0.443 e. The number of carbonyl (C=O) groups is 1. The molecule has 1 heterocycles. The van der Waals surface area contributed by atoms with Crippen LogP contribution >= 0.6 is 11.3 Å². The predicted octanol–water partition coefficient (Wildman–Crippen LogP) is 4.35. The zero-order chi connectivity index (χ0) is 25.1. The Morgan fingerprint density at radius 1 is 1.29 bits per heavy atom. The summed E-state index contributed by atoms with van der Waals surface area (Å²) in [7, 11) is -4.50. The molecule has 0 saturated carbocycles. The number of ether oxygens (including phenoxy) is 1. The third-order valence-electron chi connectivity index (χ3n) is 4.39. The van der Waals surface area contributed by atoms with E-state index in [0.29, 0.717) is 4.31 Å². The number of benzene rings is 2. The van der Waals surface area contributed by atoms with Gasteiger partial charge in [-0.05, 0) is 45.0 Å². The van der Waals surface area contributed by atoms with Crippen molar-refractivity contribution in [1.29, 1.82) is 5.26 Å². The summed E-state index contributed by atoms with van der Waals surface area (Å²) in [6.07, 6.45) is -2.13. The van der Waals surface area contributed by atoms with Crippen LogP contribution in [-0.2, 0) is 14.8 Å². The van der Waals surface area contributed by atoms with Crippen molar-refractivity contribution in [3.63, 3.8) is 0 Å². The van der Waals surface area contributed by atoms with Gasteiger partial charge >= 0.3 is 6.09 Å². The Kier molecular flexibility index (Phi) is 7.21. The van der Waals surface area contributed by atoms with Gasteiger partial charge in [0.1, 0.15) is 23.7 Å². The Morgan fingerprint density at radius 3 is 2.59 bits per heavy atom. The molecule has 0 saturated heterocycles. The smallest absolute Gasteiger partial charge is 0.430 e. The molecule has 34 heavy (non-hydrogen) atoms. The summed E-state index contributed by atoms with van der Waals surface area (Å²) in [6, 6.07) is 11.4. The van der Waals surface area contributed by atoms with E-state index in [1.54, 1.807) is 26.8 Å². The fourth-order valence-electron chi connectivity index (χ4n) is 2.90. The lowest BCUT2D eigenvalue weighted by atomic mass is 10.1. The van der Waals surface area contributed by atoms with Gasteiger partial charge in [-0.2, -0.15) is 5.26 Å². The van der Waals surface area contributed by atoms with Gasteiger partial charge in [0.15, 0.2) is 5.82 Å². The minimum atomic E-state index is -4.50. The number of carbonyl (C=O) groups excluding carboxylic acids is 1. The van der Waals surface area contributed by atoms with E-state index in [4.69, 9.17) is 10.5 Å². The summed E-state index contributed by atoms with van der Waals surface area (Å²) in [5.41, 5.74) is 6.73. The zero-order valence-corrected chi connectivity index (χ0v) is 20.2. The summed E-state index contributed by atoms with van der Waals surface area (Å²) in [5, 5.41) is 13.8. The van der Waals surface area contributed by atoms with Crippen LogP contribution in [0.5, 0.6) is 0 Å². The fourth-order valence-corrected chi connectivity index (χ4v) is 4.79. The van der Waals surface area contributed by atoms with E-state index in [2.05, 4.69) is 10.3 Å². The van der Waals surface area contributed by atoms with Gasteiger partial charge in [0, 0.05) is 10.9 Å². The molecule has 12 heteroatoms. The molecule has 1 amide bonds. The van der Waals surface area contributed by atoms with E-state index in [-0.39, 0.29) is 27.5 Å². The number of hydrogen-bond acceptors (Lipinski definition) is 9. The summed E-state index contributed by atoms with van der Waals surface area (Å²) in [6.45, 7) is 4.80. The van der Waals surface area contributed by atoms with Gasteiger partial charge in [-0.3, -0.25) is 0 Å². The number of hydrogen-bond donors (Lipinski definition) is 2. The summed E-state index contributed by atoms with van der Waals surface area (Å²) >= 11 is 1.10. The molecular weight excluding hydrogens is 481 g/mol. The van der Waals surface area contributed by atoms with Crippen LogP contribution in [-0.4, -0.2) is 25.1 Å². The summed E-state index contributed by atoms with van der Waals surface area (Å²) in [5.74, 6) is -0.669. The van der Waals surface area contributed by atoms with Crippen LogP contribution in [0.4, 0.5) is 20.7 Å². The van der Waals surface area contributed by atoms with Crippen molar-refractivity contribution in [2.24, 2.45) is 5.73 Å². The topological polar surface area (TPSA) is 138 Å². The molecule has 0 aliphatic rings. The van der Waals surface area contributed by atoms with Crippen LogP contribution in [0.2, 0.25) is 0 Å². The lowest BCUT2D eigenvalue weighted by molar-refractivity contribution is 0.0608. The maximum atomic E-state index is 14.0. The van der Waals surface area contributed by atoms with E-state index in [1.165, 1.54) is 41.2 Å². The van der Waals surface area contributed by atoms with Crippen molar-refractivity contribution in [3.8, 4) is 6.07 Å². The third kappa shape index (κ3) is 5.51. The molecule has 2 aromatic carbocycles. The molecular formula is C22H22FN5O4S2. The number of sulfonamides is 1. The summed E-state index contributed by atoms with van der Waals surface area (Å²) < 4.78 is 46.6. The van der Waals surface area contributed by atoms with Gasteiger partial charge in [-0.1, -0.05) is 18.2 Å². The molecule has 0 radical (unpaired) electrons. The first-order valence-corrected chi connectivity index (χ1v) is 12.3. The molecule has 0 aliphatic carbocycles. The second-order valence-corrected chi connectivity index (χ2v) is 10.6. The molecule has 0 aliphatic heterocycles. The Labute approximate surface area is 200 Å². The molecule has 0 bridgehead atoms. The second-order valence-electron chi connectivity index (χ2n) is 8.06. The van der Waals surface area contributed by atoms with Gasteiger partial charge in [-0.25, -0.2) is 22.6 Å². The van der Waals surface area contributed by atoms with Gasteiger partial charge < -0.3 is 15.8 Å².